The molecule has 47 heavy (non-hydrogen) atoms. The molecule has 16 atom stereocenters. The second-order valence-electron chi connectivity index (χ2n) is 13.5. The number of nitrogens with one attached hydrogen (secondary N) is 1. The van der Waals surface area contributed by atoms with E-state index in [1.807, 2.05) is 0 Å². The van der Waals surface area contributed by atoms with Gasteiger partial charge in [-0.25, -0.2) is 0 Å². The summed E-state index contributed by atoms with van der Waals surface area (Å²) < 4.78 is 23.5. The molecule has 0 radical (unpaired) electrons. The molecule has 0 aromatic rings. The Morgan fingerprint density at radius 2 is 1.51 bits per heavy atom. The van der Waals surface area contributed by atoms with E-state index in [0.717, 1.165) is 0 Å². The van der Waals surface area contributed by atoms with Crippen molar-refractivity contribution < 1.29 is 64.6 Å². The fourth-order valence-electron chi connectivity index (χ4n) is 6.84. The molecule has 4 aliphatic rings. The van der Waals surface area contributed by atoms with Gasteiger partial charge in [0.1, 0.15) is 54.4 Å². The van der Waals surface area contributed by atoms with Crippen LogP contribution in [0.5, 0.6) is 0 Å². The predicted molar refractivity (Wildman–Crippen MR) is 161 cm³/mol. The Balaban J connectivity index is 1.52. The zero-order valence-corrected chi connectivity index (χ0v) is 26.2. The zero-order chi connectivity index (χ0) is 34.8. The molecule has 19 nitrogen and oxygen atoms in total. The predicted octanol–water partition coefficient (Wildman–Crippen LogP) is -7.88. The van der Waals surface area contributed by atoms with Crippen molar-refractivity contribution in [2.24, 2.45) is 34.6 Å². The molecular weight excluding hydrogens is 628 g/mol. The molecular formula is C28H54N6O13. The maximum Gasteiger partial charge on any atom is 0.186 e. The topological polar surface area (TPSA) is 358 Å². The smallest absolute Gasteiger partial charge is 0.186 e. The number of Topliss-reactive ketones (excluding diaryl/α,β-unsaturated/α-hetero) is 1. The first-order valence-electron chi connectivity index (χ1n) is 16.1. The minimum atomic E-state index is -1.65. The number of rotatable bonds is 14. The Kier molecular flexibility index (Phi) is 13.5. The maximum absolute atomic E-state index is 13.2. The van der Waals surface area contributed by atoms with E-state index in [-0.39, 0.29) is 51.4 Å². The van der Waals surface area contributed by atoms with E-state index in [1.165, 1.54) is 0 Å². The van der Waals surface area contributed by atoms with Crippen LogP contribution in [0.2, 0.25) is 0 Å². The summed E-state index contributed by atoms with van der Waals surface area (Å²) in [6.45, 7) is -0.260. The van der Waals surface area contributed by atoms with Crippen LogP contribution in [0.4, 0.5) is 0 Å². The molecule has 4 fully saturated rings. The van der Waals surface area contributed by atoms with Crippen LogP contribution in [0.25, 0.3) is 0 Å². The van der Waals surface area contributed by atoms with Gasteiger partial charge in [-0.05, 0) is 38.1 Å². The van der Waals surface area contributed by atoms with E-state index in [9.17, 15) is 45.6 Å². The van der Waals surface area contributed by atoms with Gasteiger partial charge >= 0.3 is 0 Å². The number of ether oxygens (including phenoxy) is 4. The molecule has 2 saturated carbocycles. The summed E-state index contributed by atoms with van der Waals surface area (Å²) in [4.78, 5) is 13.2. The fourth-order valence-corrected chi connectivity index (χ4v) is 6.84. The fraction of sp³-hybridized carbons (Fsp3) is 0.964. The number of carbonyl (C=O) groups excluding carboxylic acids is 1. The molecule has 2 aliphatic carbocycles. The Bertz CT molecular complexity index is 1010. The van der Waals surface area contributed by atoms with E-state index >= 15 is 0 Å². The Morgan fingerprint density at radius 3 is 2.13 bits per heavy atom. The van der Waals surface area contributed by atoms with Crippen LogP contribution in [0.3, 0.4) is 0 Å². The third kappa shape index (κ3) is 8.64. The molecule has 274 valence electrons. The van der Waals surface area contributed by atoms with Gasteiger partial charge in [-0.3, -0.25) is 4.79 Å². The Hall–Kier alpha value is -1.05. The number of nitrogens with two attached hydrogens (primary N) is 5. The molecule has 0 bridgehead atoms. The Morgan fingerprint density at radius 1 is 0.872 bits per heavy atom. The molecule has 2 aliphatic heterocycles. The molecule has 0 amide bonds. The summed E-state index contributed by atoms with van der Waals surface area (Å²) in [5, 5.41) is 87.3. The van der Waals surface area contributed by atoms with Crippen LogP contribution in [0.1, 0.15) is 32.1 Å². The van der Waals surface area contributed by atoms with Crippen molar-refractivity contribution in [3.63, 3.8) is 0 Å². The number of aliphatic hydroxyl groups is 8. The summed E-state index contributed by atoms with van der Waals surface area (Å²) in [5.74, 6) is -1.38. The lowest BCUT2D eigenvalue weighted by Gasteiger charge is -2.49. The highest BCUT2D eigenvalue weighted by Crippen LogP contribution is 2.39. The van der Waals surface area contributed by atoms with Gasteiger partial charge in [-0.15, -0.1) is 0 Å². The normalized spacial score (nSPS) is 48.1. The van der Waals surface area contributed by atoms with E-state index in [0.29, 0.717) is 6.42 Å². The molecule has 0 aromatic heterocycles. The van der Waals surface area contributed by atoms with Gasteiger partial charge in [0, 0.05) is 31.6 Å². The first-order chi connectivity index (χ1) is 22.1. The Labute approximate surface area is 272 Å². The molecule has 2 heterocycles. The molecule has 19 N–H and O–H groups in total. The monoisotopic (exact) mass is 682 g/mol. The summed E-state index contributed by atoms with van der Waals surface area (Å²) in [6.07, 6.45) is -16.0. The van der Waals surface area contributed by atoms with Gasteiger partial charge in [0.05, 0.1) is 30.9 Å². The van der Waals surface area contributed by atoms with Gasteiger partial charge in [0.15, 0.2) is 18.4 Å². The standard InChI is InChI=1S/C28H54N6O13/c29-2-1-12(36)7-34-8-14-20(39)21(40)18(33)26(44-14)47-25-13(31)3-10(4-16(37)28(43)5-11(30)6-28)24(23(25)42)46-27-22(41)17(32)19(38)15(9-35)45-27/h10-15,17-27,34-36,38-43H,1-9,29-33H2/t10-,11?,12?,13-,14+,15+,17-,18+,19+,20+,21+,22+,23+,24-,25?,26+,27+,28?/m0/s1. The lowest BCUT2D eigenvalue weighted by molar-refractivity contribution is -0.323. The molecule has 2 saturated heterocycles. The first kappa shape index (κ1) is 38.7. The lowest BCUT2D eigenvalue weighted by Crippen LogP contribution is -2.68. The number of carbonyl (C=O) groups is 1. The highest BCUT2D eigenvalue weighted by molar-refractivity contribution is 5.88. The molecule has 0 aromatic carbocycles. The van der Waals surface area contributed by atoms with E-state index in [1.54, 1.807) is 0 Å². The lowest BCUT2D eigenvalue weighted by atomic mass is 9.69. The van der Waals surface area contributed by atoms with Gasteiger partial charge in [-0.1, -0.05) is 0 Å². The minimum Gasteiger partial charge on any atom is -0.394 e. The summed E-state index contributed by atoms with van der Waals surface area (Å²) in [7, 11) is 0. The van der Waals surface area contributed by atoms with Crippen LogP contribution in [0, 0.1) is 5.92 Å². The van der Waals surface area contributed by atoms with Gasteiger partial charge < -0.3 is 93.8 Å². The zero-order valence-electron chi connectivity index (χ0n) is 26.2. The highest BCUT2D eigenvalue weighted by atomic mass is 16.7. The number of hydrogen-bond acceptors (Lipinski definition) is 19. The number of ketones is 1. The van der Waals surface area contributed by atoms with Crippen LogP contribution in [-0.4, -0.2) is 176 Å². The maximum atomic E-state index is 13.2. The second kappa shape index (κ2) is 16.3. The summed E-state index contributed by atoms with van der Waals surface area (Å²) in [5.41, 5.74) is 28.2. The summed E-state index contributed by atoms with van der Waals surface area (Å²) >= 11 is 0. The largest absolute Gasteiger partial charge is 0.394 e. The van der Waals surface area contributed by atoms with Crippen LogP contribution >= 0.6 is 0 Å². The van der Waals surface area contributed by atoms with Crippen molar-refractivity contribution in [1.29, 1.82) is 0 Å². The van der Waals surface area contributed by atoms with Crippen LogP contribution < -0.4 is 34.0 Å². The first-order valence-corrected chi connectivity index (χ1v) is 16.1. The van der Waals surface area contributed by atoms with Crippen molar-refractivity contribution in [3.05, 3.63) is 0 Å². The summed E-state index contributed by atoms with van der Waals surface area (Å²) in [6, 6.07) is -3.88. The van der Waals surface area contributed by atoms with E-state index < -0.39 is 116 Å². The SMILES string of the molecule is NCCC(O)CNC[C@H]1O[C@H](OC2[C@@H](N)C[C@@H](CC(=O)C3(O)CC(N)C3)[C@H](O[C@H]3O[C@H](CO)[C@@H](O)[C@H](N)[C@H]3O)[C@H]2O)[C@H](N)[C@@H](O)[C@@H]1O. The van der Waals surface area contributed by atoms with Crippen LogP contribution in [-0.2, 0) is 23.7 Å². The van der Waals surface area contributed by atoms with Crippen molar-refractivity contribution in [1.82, 2.24) is 5.32 Å². The molecule has 0 spiro atoms. The van der Waals surface area contributed by atoms with Crippen LogP contribution in [0.15, 0.2) is 0 Å². The van der Waals surface area contributed by atoms with Crippen molar-refractivity contribution in [3.8, 4) is 0 Å². The van der Waals surface area contributed by atoms with Gasteiger partial charge in [-0.2, -0.15) is 0 Å². The minimum absolute atomic E-state index is 0.00165. The van der Waals surface area contributed by atoms with Crippen molar-refractivity contribution >= 4 is 5.78 Å². The number of hydrogen-bond donors (Lipinski definition) is 14. The second-order valence-corrected chi connectivity index (χ2v) is 13.5. The number of aliphatic hydroxyl groups excluding tert-OH is 7. The highest BCUT2D eigenvalue weighted by Gasteiger charge is 2.54. The average molecular weight is 683 g/mol. The molecule has 4 rings (SSSR count). The quantitative estimate of drug-likeness (QED) is 0.0808. The van der Waals surface area contributed by atoms with Gasteiger partial charge in [0.2, 0.25) is 0 Å². The van der Waals surface area contributed by atoms with Gasteiger partial charge in [0.25, 0.3) is 0 Å². The van der Waals surface area contributed by atoms with Crippen molar-refractivity contribution in [2.75, 3.05) is 26.2 Å². The molecule has 2 unspecified atom stereocenters. The average Bonchev–Trinajstić information content (AvgIpc) is 3.01. The molecule has 19 heteroatoms. The van der Waals surface area contributed by atoms with E-state index in [4.69, 9.17) is 47.6 Å². The third-order valence-electron chi connectivity index (χ3n) is 9.79. The van der Waals surface area contributed by atoms with E-state index in [2.05, 4.69) is 5.32 Å². The van der Waals surface area contributed by atoms with Crippen molar-refractivity contribution in [2.45, 2.75) is 135 Å². The third-order valence-corrected chi connectivity index (χ3v) is 9.79.